The van der Waals surface area contributed by atoms with Gasteiger partial charge < -0.3 is 5.73 Å². The average molecular weight is 412 g/mol. The molecule has 122 valence electrons. The summed E-state index contributed by atoms with van der Waals surface area (Å²) in [7, 11) is -2.74. The minimum atomic E-state index is -4.64. The monoisotopic (exact) mass is 410 g/mol. The molecule has 2 N–H and O–H groups in total. The van der Waals surface area contributed by atoms with Gasteiger partial charge in [0.05, 0.1) is 10.5 Å². The summed E-state index contributed by atoms with van der Waals surface area (Å²) >= 11 is 2.76. The summed E-state index contributed by atoms with van der Waals surface area (Å²) in [5, 5.41) is 0. The van der Waals surface area contributed by atoms with Gasteiger partial charge in [-0.15, -0.1) is 12.4 Å². The van der Waals surface area contributed by atoms with E-state index in [-0.39, 0.29) is 23.4 Å². The standard InChI is InChI=1S/C11H14BrF3N2O2S.ClH/c1-7(6-16)17(2)20(18,19)8-3-4-10(12)9(5-8)11(13,14)15;/h3-5,7H,6,16H2,1-2H3;1H. The van der Waals surface area contributed by atoms with Crippen LogP contribution >= 0.6 is 28.3 Å². The molecule has 1 unspecified atom stereocenters. The Hall–Kier alpha value is -0.350. The van der Waals surface area contributed by atoms with E-state index >= 15 is 0 Å². The topological polar surface area (TPSA) is 63.4 Å². The molecule has 1 rings (SSSR count). The molecular formula is C11H15BrClF3N2O2S. The van der Waals surface area contributed by atoms with Crippen molar-refractivity contribution in [1.82, 2.24) is 4.31 Å². The SMILES string of the molecule is CC(CN)N(C)S(=O)(=O)c1ccc(Br)c(C(F)(F)F)c1.Cl. The number of halogens is 5. The largest absolute Gasteiger partial charge is 0.417 e. The minimum absolute atomic E-state index is 0. The van der Waals surface area contributed by atoms with Gasteiger partial charge in [0.25, 0.3) is 0 Å². The second-order valence-electron chi connectivity index (χ2n) is 4.25. The van der Waals surface area contributed by atoms with E-state index in [1.54, 1.807) is 6.92 Å². The van der Waals surface area contributed by atoms with Crippen molar-refractivity contribution >= 4 is 38.4 Å². The number of sulfonamides is 1. The first-order valence-corrected chi connectivity index (χ1v) is 7.80. The quantitative estimate of drug-likeness (QED) is 0.829. The molecule has 0 radical (unpaired) electrons. The molecule has 0 aliphatic heterocycles. The van der Waals surface area contributed by atoms with Crippen LogP contribution in [0, 0.1) is 0 Å². The van der Waals surface area contributed by atoms with Crippen LogP contribution in [0.1, 0.15) is 12.5 Å². The zero-order valence-corrected chi connectivity index (χ0v) is 14.4. The van der Waals surface area contributed by atoms with E-state index < -0.39 is 32.7 Å². The molecule has 1 aromatic rings. The van der Waals surface area contributed by atoms with Gasteiger partial charge in [-0.05, 0) is 25.1 Å². The van der Waals surface area contributed by atoms with Gasteiger partial charge in [-0.2, -0.15) is 17.5 Å². The van der Waals surface area contributed by atoms with Crippen LogP contribution in [-0.4, -0.2) is 32.4 Å². The molecule has 0 aliphatic carbocycles. The van der Waals surface area contributed by atoms with E-state index in [0.717, 1.165) is 16.4 Å². The molecule has 21 heavy (non-hydrogen) atoms. The lowest BCUT2D eigenvalue weighted by Crippen LogP contribution is -2.39. The Morgan fingerprint density at radius 3 is 2.33 bits per heavy atom. The number of likely N-dealkylation sites (N-methyl/N-ethyl adjacent to an activating group) is 1. The molecule has 0 heterocycles. The van der Waals surface area contributed by atoms with Crippen LogP contribution in [0.5, 0.6) is 0 Å². The van der Waals surface area contributed by atoms with Crippen LogP contribution in [0.25, 0.3) is 0 Å². The lowest BCUT2D eigenvalue weighted by molar-refractivity contribution is -0.138. The Balaban J connectivity index is 0.00000400. The van der Waals surface area contributed by atoms with Crippen LogP contribution in [0.3, 0.4) is 0 Å². The molecule has 0 amide bonds. The van der Waals surface area contributed by atoms with Gasteiger partial charge >= 0.3 is 6.18 Å². The van der Waals surface area contributed by atoms with Crippen molar-refractivity contribution < 1.29 is 21.6 Å². The number of benzene rings is 1. The predicted octanol–water partition coefficient (Wildman–Crippen LogP) is 2.86. The predicted molar refractivity (Wildman–Crippen MR) is 79.9 cm³/mol. The Kier molecular flexibility index (Phi) is 7.15. The maximum atomic E-state index is 12.8. The first-order valence-electron chi connectivity index (χ1n) is 5.56. The van der Waals surface area contributed by atoms with E-state index in [4.69, 9.17) is 5.73 Å². The lowest BCUT2D eigenvalue weighted by Gasteiger charge is -2.23. The minimum Gasteiger partial charge on any atom is -0.329 e. The van der Waals surface area contributed by atoms with Gasteiger partial charge in [0.1, 0.15) is 0 Å². The number of hydrogen-bond donors (Lipinski definition) is 1. The molecule has 0 bridgehead atoms. The van der Waals surface area contributed by atoms with Gasteiger partial charge in [-0.25, -0.2) is 8.42 Å². The highest BCUT2D eigenvalue weighted by atomic mass is 79.9. The second kappa shape index (κ2) is 7.28. The smallest absolute Gasteiger partial charge is 0.329 e. The van der Waals surface area contributed by atoms with Crippen molar-refractivity contribution in [3.8, 4) is 0 Å². The summed E-state index contributed by atoms with van der Waals surface area (Å²) in [6.07, 6.45) is -4.64. The summed E-state index contributed by atoms with van der Waals surface area (Å²) < 4.78 is 63.5. The zero-order valence-electron chi connectivity index (χ0n) is 11.2. The highest BCUT2D eigenvalue weighted by Crippen LogP contribution is 2.36. The lowest BCUT2D eigenvalue weighted by atomic mass is 10.2. The fourth-order valence-electron chi connectivity index (χ4n) is 1.43. The Morgan fingerprint density at radius 1 is 1.38 bits per heavy atom. The maximum absolute atomic E-state index is 12.8. The summed E-state index contributed by atoms with van der Waals surface area (Å²) in [5.74, 6) is 0. The highest BCUT2D eigenvalue weighted by Gasteiger charge is 2.35. The number of rotatable bonds is 4. The second-order valence-corrected chi connectivity index (χ2v) is 7.10. The molecule has 0 saturated carbocycles. The molecule has 0 saturated heterocycles. The summed E-state index contributed by atoms with van der Waals surface area (Å²) in [6, 6.07) is 2.28. The Morgan fingerprint density at radius 2 is 1.90 bits per heavy atom. The highest BCUT2D eigenvalue weighted by molar-refractivity contribution is 9.10. The fraction of sp³-hybridized carbons (Fsp3) is 0.455. The molecule has 1 atom stereocenters. The van der Waals surface area contributed by atoms with Gasteiger partial charge in [0.2, 0.25) is 10.0 Å². The molecule has 0 fully saturated rings. The first-order chi connectivity index (χ1) is 9.01. The molecule has 0 aliphatic rings. The third kappa shape index (κ3) is 4.56. The van der Waals surface area contributed by atoms with Gasteiger partial charge in [0, 0.05) is 24.1 Å². The summed E-state index contributed by atoms with van der Waals surface area (Å²) in [4.78, 5) is -0.421. The summed E-state index contributed by atoms with van der Waals surface area (Å²) in [6.45, 7) is 1.64. The first kappa shape index (κ1) is 20.6. The Bertz CT molecular complexity index is 596. The average Bonchev–Trinajstić information content (AvgIpc) is 2.35. The fourth-order valence-corrected chi connectivity index (χ4v) is 3.30. The van der Waals surface area contributed by atoms with E-state index in [9.17, 15) is 21.6 Å². The summed E-state index contributed by atoms with van der Waals surface area (Å²) in [5.41, 5.74) is 4.34. The zero-order chi connectivity index (χ0) is 15.7. The van der Waals surface area contributed by atoms with Crippen LogP contribution in [-0.2, 0) is 16.2 Å². The van der Waals surface area contributed by atoms with Gasteiger partial charge in [-0.3, -0.25) is 0 Å². The van der Waals surface area contributed by atoms with E-state index in [0.29, 0.717) is 6.07 Å². The third-order valence-electron chi connectivity index (χ3n) is 2.88. The number of alkyl halides is 3. The van der Waals surface area contributed by atoms with Crippen molar-refractivity contribution in [3.05, 3.63) is 28.2 Å². The molecular weight excluding hydrogens is 397 g/mol. The van der Waals surface area contributed by atoms with Crippen molar-refractivity contribution in [2.24, 2.45) is 5.73 Å². The van der Waals surface area contributed by atoms with E-state index in [1.165, 1.54) is 7.05 Å². The number of hydrogen-bond acceptors (Lipinski definition) is 3. The van der Waals surface area contributed by atoms with Crippen LogP contribution in [0.15, 0.2) is 27.6 Å². The van der Waals surface area contributed by atoms with Crippen molar-refractivity contribution in [3.63, 3.8) is 0 Å². The van der Waals surface area contributed by atoms with Crippen LogP contribution in [0.4, 0.5) is 13.2 Å². The Labute approximate surface area is 136 Å². The van der Waals surface area contributed by atoms with Gasteiger partial charge in [0.15, 0.2) is 0 Å². The molecule has 0 aromatic heterocycles. The molecule has 1 aromatic carbocycles. The van der Waals surface area contributed by atoms with Crippen molar-refractivity contribution in [2.45, 2.75) is 24.0 Å². The third-order valence-corrected chi connectivity index (χ3v) is 5.54. The van der Waals surface area contributed by atoms with E-state index in [2.05, 4.69) is 15.9 Å². The number of nitrogens with two attached hydrogens (primary N) is 1. The molecule has 4 nitrogen and oxygen atoms in total. The van der Waals surface area contributed by atoms with Crippen molar-refractivity contribution in [2.75, 3.05) is 13.6 Å². The molecule has 0 spiro atoms. The van der Waals surface area contributed by atoms with Crippen LogP contribution < -0.4 is 5.73 Å². The molecule has 10 heteroatoms. The van der Waals surface area contributed by atoms with Crippen molar-refractivity contribution in [1.29, 1.82) is 0 Å². The van der Waals surface area contributed by atoms with E-state index in [1.807, 2.05) is 0 Å². The number of nitrogens with zero attached hydrogens (tertiary/aromatic N) is 1. The van der Waals surface area contributed by atoms with Crippen LogP contribution in [0.2, 0.25) is 0 Å². The normalized spacial score (nSPS) is 13.9. The maximum Gasteiger partial charge on any atom is 0.417 e. The van der Waals surface area contributed by atoms with Gasteiger partial charge in [-0.1, -0.05) is 15.9 Å².